The van der Waals surface area contributed by atoms with Crippen LogP contribution in [-0.2, 0) is 9.53 Å². The van der Waals surface area contributed by atoms with Gasteiger partial charge in [0.15, 0.2) is 0 Å². The summed E-state index contributed by atoms with van der Waals surface area (Å²) in [6.07, 6.45) is 4.08. The quantitative estimate of drug-likeness (QED) is 0.565. The van der Waals surface area contributed by atoms with Crippen LogP contribution in [0.2, 0.25) is 0 Å². The SMILES string of the molecule is CCCOc1ccc(C=CC(=O)OC)cc1. The lowest BCUT2D eigenvalue weighted by Gasteiger charge is -2.03. The summed E-state index contributed by atoms with van der Waals surface area (Å²) < 4.78 is 9.94. The van der Waals surface area contributed by atoms with Crippen LogP contribution in [0.25, 0.3) is 6.08 Å². The van der Waals surface area contributed by atoms with Crippen LogP contribution in [0, 0.1) is 0 Å². The molecule has 0 bridgehead atoms. The number of carbonyl (C=O) groups is 1. The molecule has 0 N–H and O–H groups in total. The summed E-state index contributed by atoms with van der Waals surface area (Å²) in [7, 11) is 1.36. The summed E-state index contributed by atoms with van der Waals surface area (Å²) in [5.74, 6) is 0.489. The van der Waals surface area contributed by atoms with E-state index in [9.17, 15) is 4.79 Å². The molecule has 0 spiro atoms. The van der Waals surface area contributed by atoms with Crippen molar-refractivity contribution in [2.75, 3.05) is 13.7 Å². The fourth-order valence-corrected chi connectivity index (χ4v) is 1.13. The summed E-state index contributed by atoms with van der Waals surface area (Å²) >= 11 is 0. The minimum atomic E-state index is -0.355. The number of ether oxygens (including phenoxy) is 2. The zero-order valence-electron chi connectivity index (χ0n) is 9.60. The number of benzene rings is 1. The Kier molecular flexibility index (Phi) is 5.12. The second-order valence-electron chi connectivity index (χ2n) is 3.27. The van der Waals surface area contributed by atoms with Crippen LogP contribution >= 0.6 is 0 Å². The molecule has 0 saturated heterocycles. The molecule has 0 unspecified atom stereocenters. The van der Waals surface area contributed by atoms with Gasteiger partial charge in [0.25, 0.3) is 0 Å². The van der Waals surface area contributed by atoms with Gasteiger partial charge in [0, 0.05) is 6.08 Å². The lowest BCUT2D eigenvalue weighted by molar-refractivity contribution is -0.134. The molecule has 0 fully saturated rings. The first-order valence-corrected chi connectivity index (χ1v) is 5.25. The molecule has 0 aromatic heterocycles. The summed E-state index contributed by atoms with van der Waals surface area (Å²) in [6.45, 7) is 2.78. The number of esters is 1. The predicted molar refractivity (Wildman–Crippen MR) is 63.3 cm³/mol. The molecular weight excluding hydrogens is 204 g/mol. The minimum Gasteiger partial charge on any atom is -0.494 e. The van der Waals surface area contributed by atoms with Crippen molar-refractivity contribution in [1.29, 1.82) is 0 Å². The average molecular weight is 220 g/mol. The summed E-state index contributed by atoms with van der Waals surface area (Å²) in [5, 5.41) is 0. The number of hydrogen-bond acceptors (Lipinski definition) is 3. The zero-order valence-corrected chi connectivity index (χ0v) is 9.60. The fourth-order valence-electron chi connectivity index (χ4n) is 1.13. The maximum Gasteiger partial charge on any atom is 0.330 e. The topological polar surface area (TPSA) is 35.5 Å². The van der Waals surface area contributed by atoms with Crippen molar-refractivity contribution < 1.29 is 14.3 Å². The van der Waals surface area contributed by atoms with E-state index >= 15 is 0 Å². The molecule has 3 nitrogen and oxygen atoms in total. The van der Waals surface area contributed by atoms with Crippen LogP contribution in [0.1, 0.15) is 18.9 Å². The summed E-state index contributed by atoms with van der Waals surface area (Å²) in [6, 6.07) is 7.55. The van der Waals surface area contributed by atoms with Crippen LogP contribution in [0.4, 0.5) is 0 Å². The van der Waals surface area contributed by atoms with Gasteiger partial charge in [-0.2, -0.15) is 0 Å². The van der Waals surface area contributed by atoms with E-state index in [2.05, 4.69) is 11.7 Å². The Morgan fingerprint density at radius 2 is 2.00 bits per heavy atom. The third-order valence-corrected chi connectivity index (χ3v) is 1.97. The van der Waals surface area contributed by atoms with Gasteiger partial charge in [-0.05, 0) is 30.2 Å². The number of rotatable bonds is 5. The molecule has 0 atom stereocenters. The van der Waals surface area contributed by atoms with Gasteiger partial charge in [0.1, 0.15) is 5.75 Å². The third kappa shape index (κ3) is 4.17. The van der Waals surface area contributed by atoms with Gasteiger partial charge in [0.05, 0.1) is 13.7 Å². The number of methoxy groups -OCH3 is 1. The van der Waals surface area contributed by atoms with E-state index in [1.807, 2.05) is 24.3 Å². The molecule has 86 valence electrons. The lowest BCUT2D eigenvalue weighted by Crippen LogP contribution is -1.94. The normalized spacial score (nSPS) is 10.4. The molecule has 0 heterocycles. The summed E-state index contributed by atoms with van der Waals surface area (Å²) in [4.78, 5) is 10.9. The molecule has 0 amide bonds. The van der Waals surface area contributed by atoms with E-state index in [-0.39, 0.29) is 5.97 Å². The molecule has 1 aromatic carbocycles. The molecular formula is C13H16O3. The van der Waals surface area contributed by atoms with Crippen molar-refractivity contribution in [3.05, 3.63) is 35.9 Å². The smallest absolute Gasteiger partial charge is 0.330 e. The van der Waals surface area contributed by atoms with E-state index < -0.39 is 0 Å². The lowest BCUT2D eigenvalue weighted by atomic mass is 10.2. The van der Waals surface area contributed by atoms with Gasteiger partial charge < -0.3 is 9.47 Å². The molecule has 3 heteroatoms. The van der Waals surface area contributed by atoms with Crippen molar-refractivity contribution in [3.8, 4) is 5.75 Å². The molecule has 0 aliphatic rings. The van der Waals surface area contributed by atoms with Gasteiger partial charge in [0.2, 0.25) is 0 Å². The first-order chi connectivity index (χ1) is 7.76. The number of hydrogen-bond donors (Lipinski definition) is 0. The first kappa shape index (κ1) is 12.3. The molecule has 1 rings (SSSR count). The van der Waals surface area contributed by atoms with E-state index in [1.54, 1.807) is 6.08 Å². The first-order valence-electron chi connectivity index (χ1n) is 5.25. The third-order valence-electron chi connectivity index (χ3n) is 1.97. The van der Waals surface area contributed by atoms with Gasteiger partial charge in [-0.15, -0.1) is 0 Å². The van der Waals surface area contributed by atoms with E-state index in [0.29, 0.717) is 0 Å². The maximum atomic E-state index is 10.9. The maximum absolute atomic E-state index is 10.9. The summed E-state index contributed by atoms with van der Waals surface area (Å²) in [5.41, 5.74) is 0.939. The van der Waals surface area contributed by atoms with Crippen LogP contribution in [0.15, 0.2) is 30.3 Å². The molecule has 0 aliphatic carbocycles. The van der Waals surface area contributed by atoms with Gasteiger partial charge in [-0.25, -0.2) is 4.79 Å². The van der Waals surface area contributed by atoms with Crippen molar-refractivity contribution >= 4 is 12.0 Å². The molecule has 16 heavy (non-hydrogen) atoms. The largest absolute Gasteiger partial charge is 0.494 e. The van der Waals surface area contributed by atoms with Crippen LogP contribution in [0.3, 0.4) is 0 Å². The zero-order chi connectivity index (χ0) is 11.8. The van der Waals surface area contributed by atoms with Crippen molar-refractivity contribution in [2.24, 2.45) is 0 Å². The highest BCUT2D eigenvalue weighted by Gasteiger charge is 1.94. The Labute approximate surface area is 95.7 Å². The monoisotopic (exact) mass is 220 g/mol. The minimum absolute atomic E-state index is 0.355. The molecule has 1 aromatic rings. The Balaban J connectivity index is 2.57. The van der Waals surface area contributed by atoms with Crippen molar-refractivity contribution in [1.82, 2.24) is 0 Å². The Morgan fingerprint density at radius 3 is 2.56 bits per heavy atom. The van der Waals surface area contributed by atoms with Crippen molar-refractivity contribution in [2.45, 2.75) is 13.3 Å². The fraction of sp³-hybridized carbons (Fsp3) is 0.308. The predicted octanol–water partition coefficient (Wildman–Crippen LogP) is 2.66. The Bertz CT molecular complexity index is 352. The Morgan fingerprint density at radius 1 is 1.31 bits per heavy atom. The van der Waals surface area contributed by atoms with E-state index in [1.165, 1.54) is 13.2 Å². The van der Waals surface area contributed by atoms with Crippen LogP contribution in [0.5, 0.6) is 5.75 Å². The van der Waals surface area contributed by atoms with E-state index in [4.69, 9.17) is 4.74 Å². The van der Waals surface area contributed by atoms with Gasteiger partial charge in [-0.3, -0.25) is 0 Å². The van der Waals surface area contributed by atoms with Crippen LogP contribution < -0.4 is 4.74 Å². The average Bonchev–Trinajstić information content (AvgIpc) is 2.34. The second kappa shape index (κ2) is 6.67. The molecule has 0 radical (unpaired) electrons. The number of carbonyl (C=O) groups excluding carboxylic acids is 1. The highest BCUT2D eigenvalue weighted by atomic mass is 16.5. The highest BCUT2D eigenvalue weighted by Crippen LogP contribution is 2.13. The van der Waals surface area contributed by atoms with Crippen LogP contribution in [-0.4, -0.2) is 19.7 Å². The Hall–Kier alpha value is -1.77. The highest BCUT2D eigenvalue weighted by molar-refractivity contribution is 5.86. The van der Waals surface area contributed by atoms with Gasteiger partial charge >= 0.3 is 5.97 Å². The standard InChI is InChI=1S/C13H16O3/c1-3-10-16-12-7-4-11(5-8-12)6-9-13(14)15-2/h4-9H,3,10H2,1-2H3. The second-order valence-corrected chi connectivity index (χ2v) is 3.27. The molecule has 0 aliphatic heterocycles. The molecule has 0 saturated carbocycles. The van der Waals surface area contributed by atoms with Gasteiger partial charge in [-0.1, -0.05) is 19.1 Å². The van der Waals surface area contributed by atoms with Crippen molar-refractivity contribution in [3.63, 3.8) is 0 Å². The van der Waals surface area contributed by atoms with E-state index in [0.717, 1.165) is 24.3 Å².